The van der Waals surface area contributed by atoms with E-state index in [2.05, 4.69) is 17.6 Å². The summed E-state index contributed by atoms with van der Waals surface area (Å²) < 4.78 is 5.66. The number of methoxy groups -OCH3 is 1. The molecule has 0 spiro atoms. The second-order valence-electron chi connectivity index (χ2n) is 4.80. The van der Waals surface area contributed by atoms with Gasteiger partial charge < -0.3 is 4.74 Å². The Morgan fingerprint density at radius 3 is 2.41 bits per heavy atom. The monoisotopic (exact) mass is 234 g/mol. The van der Waals surface area contributed by atoms with Crippen LogP contribution in [0, 0.1) is 5.92 Å². The van der Waals surface area contributed by atoms with E-state index >= 15 is 0 Å². The molecule has 2 atom stereocenters. The Hall–Kier alpha value is -0.900. The normalized spacial score (nSPS) is 20.4. The standard InChI is InChI=1S/C14H22N2O/c1-17-14(12-9-3-2-4-10-12)13(16-15)11-7-5-6-8-11/h2-4,9-11,13-14,16H,5-8,15H2,1H3. The van der Waals surface area contributed by atoms with Gasteiger partial charge in [0.25, 0.3) is 0 Å². The van der Waals surface area contributed by atoms with Gasteiger partial charge in [0.1, 0.15) is 0 Å². The first-order chi connectivity index (χ1) is 8.36. The summed E-state index contributed by atoms with van der Waals surface area (Å²) in [5.74, 6) is 6.37. The number of rotatable bonds is 5. The van der Waals surface area contributed by atoms with Crippen molar-refractivity contribution in [3.8, 4) is 0 Å². The second kappa shape index (κ2) is 6.15. The van der Waals surface area contributed by atoms with Crippen LogP contribution >= 0.6 is 0 Å². The van der Waals surface area contributed by atoms with Gasteiger partial charge in [0.2, 0.25) is 0 Å². The van der Waals surface area contributed by atoms with Crippen molar-refractivity contribution in [1.82, 2.24) is 5.43 Å². The number of nitrogens with two attached hydrogens (primary N) is 1. The molecule has 0 radical (unpaired) electrons. The van der Waals surface area contributed by atoms with Crippen LogP contribution in [0.25, 0.3) is 0 Å². The molecule has 1 aromatic rings. The van der Waals surface area contributed by atoms with E-state index in [1.165, 1.54) is 31.2 Å². The van der Waals surface area contributed by atoms with Crippen LogP contribution in [0.4, 0.5) is 0 Å². The number of nitrogens with one attached hydrogen (secondary N) is 1. The van der Waals surface area contributed by atoms with E-state index in [-0.39, 0.29) is 12.1 Å². The molecule has 0 aromatic heterocycles. The molecule has 1 aliphatic carbocycles. The average molecular weight is 234 g/mol. The minimum Gasteiger partial charge on any atom is -0.375 e. The van der Waals surface area contributed by atoms with Gasteiger partial charge >= 0.3 is 0 Å². The van der Waals surface area contributed by atoms with Gasteiger partial charge in [-0.05, 0) is 24.3 Å². The molecule has 0 amide bonds. The third-order valence-corrected chi connectivity index (χ3v) is 3.81. The van der Waals surface area contributed by atoms with E-state index in [0.717, 1.165) is 0 Å². The lowest BCUT2D eigenvalue weighted by Gasteiger charge is -2.30. The van der Waals surface area contributed by atoms with E-state index < -0.39 is 0 Å². The summed E-state index contributed by atoms with van der Waals surface area (Å²) in [5, 5.41) is 0. The first-order valence-electron chi connectivity index (χ1n) is 6.40. The van der Waals surface area contributed by atoms with Crippen LogP contribution in [0.15, 0.2) is 30.3 Å². The quantitative estimate of drug-likeness (QED) is 0.607. The Bertz CT molecular complexity index is 322. The Morgan fingerprint density at radius 1 is 1.24 bits per heavy atom. The van der Waals surface area contributed by atoms with Gasteiger partial charge in [-0.2, -0.15) is 0 Å². The van der Waals surface area contributed by atoms with Crippen molar-refractivity contribution in [2.75, 3.05) is 7.11 Å². The zero-order chi connectivity index (χ0) is 12.1. The molecule has 94 valence electrons. The predicted octanol–water partition coefficient (Wildman–Crippen LogP) is 2.40. The number of benzene rings is 1. The zero-order valence-corrected chi connectivity index (χ0v) is 10.4. The van der Waals surface area contributed by atoms with E-state index in [1.807, 2.05) is 18.2 Å². The van der Waals surface area contributed by atoms with Crippen molar-refractivity contribution >= 4 is 0 Å². The highest BCUT2D eigenvalue weighted by atomic mass is 16.5. The van der Waals surface area contributed by atoms with Crippen molar-refractivity contribution in [2.24, 2.45) is 11.8 Å². The molecule has 3 nitrogen and oxygen atoms in total. The fourth-order valence-corrected chi connectivity index (χ4v) is 2.92. The maximum Gasteiger partial charge on any atom is 0.0990 e. The summed E-state index contributed by atoms with van der Waals surface area (Å²) in [4.78, 5) is 0. The molecule has 1 saturated carbocycles. The Morgan fingerprint density at radius 2 is 1.88 bits per heavy atom. The van der Waals surface area contributed by atoms with Crippen molar-refractivity contribution in [1.29, 1.82) is 0 Å². The molecule has 0 saturated heterocycles. The number of ether oxygens (including phenoxy) is 1. The molecule has 0 bridgehead atoms. The SMILES string of the molecule is COC(c1ccccc1)C(NN)C1CCCC1. The van der Waals surface area contributed by atoms with Crippen LogP contribution in [0.3, 0.4) is 0 Å². The van der Waals surface area contributed by atoms with Crippen molar-refractivity contribution in [3.63, 3.8) is 0 Å². The fourth-order valence-electron chi connectivity index (χ4n) is 2.92. The van der Waals surface area contributed by atoms with Gasteiger partial charge in [0, 0.05) is 7.11 Å². The van der Waals surface area contributed by atoms with Gasteiger partial charge in [-0.1, -0.05) is 43.2 Å². The molecule has 3 N–H and O–H groups in total. The molecule has 17 heavy (non-hydrogen) atoms. The highest BCUT2D eigenvalue weighted by molar-refractivity contribution is 5.19. The van der Waals surface area contributed by atoms with Gasteiger partial charge in [-0.15, -0.1) is 0 Å². The summed E-state index contributed by atoms with van der Waals surface area (Å²) in [6.45, 7) is 0. The molecule has 2 rings (SSSR count). The molecule has 1 fully saturated rings. The Labute approximate surface area is 103 Å². The van der Waals surface area contributed by atoms with Gasteiger partial charge in [-0.25, -0.2) is 0 Å². The second-order valence-corrected chi connectivity index (χ2v) is 4.80. The summed E-state index contributed by atoms with van der Waals surface area (Å²) in [5.41, 5.74) is 4.17. The first kappa shape index (κ1) is 12.6. The topological polar surface area (TPSA) is 47.3 Å². The molecule has 1 aromatic carbocycles. The molecule has 2 unspecified atom stereocenters. The van der Waals surface area contributed by atoms with E-state index in [0.29, 0.717) is 5.92 Å². The molecule has 3 heteroatoms. The lowest BCUT2D eigenvalue weighted by molar-refractivity contribution is 0.0471. The molecular formula is C14H22N2O. The van der Waals surface area contributed by atoms with Gasteiger partial charge in [-0.3, -0.25) is 11.3 Å². The van der Waals surface area contributed by atoms with Crippen molar-refractivity contribution in [3.05, 3.63) is 35.9 Å². The lowest BCUT2D eigenvalue weighted by atomic mass is 9.90. The highest BCUT2D eigenvalue weighted by Gasteiger charge is 2.31. The predicted molar refractivity (Wildman–Crippen MR) is 69.3 cm³/mol. The van der Waals surface area contributed by atoms with Crippen LogP contribution in [0.2, 0.25) is 0 Å². The smallest absolute Gasteiger partial charge is 0.0990 e. The van der Waals surface area contributed by atoms with Crippen LogP contribution in [-0.2, 0) is 4.74 Å². The molecular weight excluding hydrogens is 212 g/mol. The fraction of sp³-hybridized carbons (Fsp3) is 0.571. The van der Waals surface area contributed by atoms with Crippen molar-refractivity contribution in [2.45, 2.75) is 37.8 Å². The van der Waals surface area contributed by atoms with Gasteiger partial charge in [0.05, 0.1) is 12.1 Å². The maximum absolute atomic E-state index is 5.74. The number of hydrazine groups is 1. The summed E-state index contributed by atoms with van der Waals surface area (Å²) >= 11 is 0. The molecule has 1 aliphatic rings. The third kappa shape index (κ3) is 2.86. The highest BCUT2D eigenvalue weighted by Crippen LogP contribution is 2.34. The lowest BCUT2D eigenvalue weighted by Crippen LogP contribution is -2.45. The molecule has 0 aliphatic heterocycles. The summed E-state index contributed by atoms with van der Waals surface area (Å²) in [7, 11) is 1.76. The molecule has 0 heterocycles. The maximum atomic E-state index is 5.74. The first-order valence-corrected chi connectivity index (χ1v) is 6.40. The number of hydrogen-bond donors (Lipinski definition) is 2. The largest absolute Gasteiger partial charge is 0.375 e. The van der Waals surface area contributed by atoms with Crippen LogP contribution in [0.5, 0.6) is 0 Å². The van der Waals surface area contributed by atoms with E-state index in [1.54, 1.807) is 7.11 Å². The third-order valence-electron chi connectivity index (χ3n) is 3.81. The van der Waals surface area contributed by atoms with Crippen LogP contribution in [0.1, 0.15) is 37.4 Å². The minimum absolute atomic E-state index is 0.0456. The number of hydrogen-bond acceptors (Lipinski definition) is 3. The van der Waals surface area contributed by atoms with Crippen LogP contribution < -0.4 is 11.3 Å². The van der Waals surface area contributed by atoms with Crippen LogP contribution in [-0.4, -0.2) is 13.2 Å². The van der Waals surface area contributed by atoms with E-state index in [9.17, 15) is 0 Å². The Kier molecular flexibility index (Phi) is 4.54. The van der Waals surface area contributed by atoms with E-state index in [4.69, 9.17) is 10.6 Å². The summed E-state index contributed by atoms with van der Waals surface area (Å²) in [6, 6.07) is 10.5. The Balaban J connectivity index is 2.15. The average Bonchev–Trinajstić information content (AvgIpc) is 2.90. The summed E-state index contributed by atoms with van der Waals surface area (Å²) in [6.07, 6.45) is 5.18. The minimum atomic E-state index is 0.0456. The van der Waals surface area contributed by atoms with Gasteiger partial charge in [0.15, 0.2) is 0 Å². The van der Waals surface area contributed by atoms with Crippen molar-refractivity contribution < 1.29 is 4.74 Å². The zero-order valence-electron chi connectivity index (χ0n) is 10.4.